The van der Waals surface area contributed by atoms with Crippen molar-refractivity contribution in [3.05, 3.63) is 0 Å². The Morgan fingerprint density at radius 3 is 2.54 bits per heavy atom. The fourth-order valence-corrected chi connectivity index (χ4v) is 2.51. The Balaban J connectivity index is 2.00. The Hall–Kier alpha value is -1.83. The van der Waals surface area contributed by atoms with E-state index in [9.17, 15) is 19.5 Å². The van der Waals surface area contributed by atoms with Crippen molar-refractivity contribution in [2.75, 3.05) is 13.1 Å². The summed E-state index contributed by atoms with van der Waals surface area (Å²) in [7, 11) is 0. The van der Waals surface area contributed by atoms with E-state index in [2.05, 4.69) is 10.6 Å². The lowest BCUT2D eigenvalue weighted by Gasteiger charge is -2.29. The van der Waals surface area contributed by atoms with E-state index in [1.54, 1.807) is 25.7 Å². The number of aliphatic hydroxyl groups is 1. The minimum atomic E-state index is -1.44. The summed E-state index contributed by atoms with van der Waals surface area (Å²) in [6, 6.07) is -0.816. The number of carbonyl (C=O) groups excluding carboxylic acids is 3. The molecule has 1 heterocycles. The minimum Gasteiger partial charge on any atom is -0.444 e. The molecule has 1 aliphatic carbocycles. The van der Waals surface area contributed by atoms with Crippen LogP contribution in [0, 0.1) is 0 Å². The molecule has 1 saturated carbocycles. The van der Waals surface area contributed by atoms with Crippen molar-refractivity contribution in [1.29, 1.82) is 0 Å². The number of aliphatic hydroxyl groups excluding tert-OH is 1. The summed E-state index contributed by atoms with van der Waals surface area (Å²) in [5, 5.41) is 15.6. The standard InChI is InChI=1S/C16H27N3O5/c1-16(2,3)24-15(23)18-11(9-19-8-4-5-12(19)20)13(21)14(22)17-10-6-7-10/h10-11,13,21H,4-9H2,1-3H3,(H,17,22)(H,18,23)/t11-,13?/m0/s1. The van der Waals surface area contributed by atoms with Gasteiger partial charge in [0.05, 0.1) is 6.04 Å². The number of hydrogen-bond donors (Lipinski definition) is 3. The van der Waals surface area contributed by atoms with Crippen molar-refractivity contribution in [2.24, 2.45) is 0 Å². The number of rotatable bonds is 6. The van der Waals surface area contributed by atoms with E-state index in [0.717, 1.165) is 19.3 Å². The normalized spacial score (nSPS) is 20.5. The Labute approximate surface area is 141 Å². The molecule has 3 amide bonds. The van der Waals surface area contributed by atoms with Gasteiger partial charge in [0.2, 0.25) is 5.91 Å². The van der Waals surface area contributed by atoms with Gasteiger partial charge in [0, 0.05) is 25.6 Å². The van der Waals surface area contributed by atoms with Crippen LogP contribution in [0.2, 0.25) is 0 Å². The van der Waals surface area contributed by atoms with Gasteiger partial charge in [-0.3, -0.25) is 9.59 Å². The molecule has 8 heteroatoms. The second kappa shape index (κ2) is 7.38. The third kappa shape index (κ3) is 5.67. The molecule has 0 aromatic carbocycles. The summed E-state index contributed by atoms with van der Waals surface area (Å²) in [5.41, 5.74) is -0.695. The highest BCUT2D eigenvalue weighted by molar-refractivity contribution is 5.83. The number of alkyl carbamates (subject to hydrolysis) is 1. The van der Waals surface area contributed by atoms with Crippen molar-refractivity contribution in [1.82, 2.24) is 15.5 Å². The van der Waals surface area contributed by atoms with Gasteiger partial charge in [-0.25, -0.2) is 4.79 Å². The molecule has 0 bridgehead atoms. The number of carbonyl (C=O) groups is 3. The van der Waals surface area contributed by atoms with Gasteiger partial charge in [0.25, 0.3) is 5.91 Å². The first kappa shape index (κ1) is 18.5. The molecule has 24 heavy (non-hydrogen) atoms. The van der Waals surface area contributed by atoms with Gasteiger partial charge >= 0.3 is 6.09 Å². The van der Waals surface area contributed by atoms with Crippen molar-refractivity contribution in [2.45, 2.75) is 70.2 Å². The number of hydrogen-bond acceptors (Lipinski definition) is 5. The van der Waals surface area contributed by atoms with Crippen molar-refractivity contribution in [3.63, 3.8) is 0 Å². The van der Waals surface area contributed by atoms with E-state index in [1.165, 1.54) is 0 Å². The number of amides is 3. The quantitative estimate of drug-likeness (QED) is 0.637. The van der Waals surface area contributed by atoms with Crippen LogP contribution < -0.4 is 10.6 Å². The molecule has 1 aliphatic heterocycles. The lowest BCUT2D eigenvalue weighted by molar-refractivity contribution is -0.133. The molecule has 2 aliphatic rings. The van der Waals surface area contributed by atoms with Crippen molar-refractivity contribution in [3.8, 4) is 0 Å². The topological polar surface area (TPSA) is 108 Å². The average molecular weight is 341 g/mol. The van der Waals surface area contributed by atoms with E-state index in [1.807, 2.05) is 0 Å². The summed E-state index contributed by atoms with van der Waals surface area (Å²) < 4.78 is 5.19. The lowest BCUT2D eigenvalue weighted by atomic mass is 10.1. The fourth-order valence-electron chi connectivity index (χ4n) is 2.51. The molecular weight excluding hydrogens is 314 g/mol. The van der Waals surface area contributed by atoms with Crippen LogP contribution in [0.4, 0.5) is 4.79 Å². The highest BCUT2D eigenvalue weighted by atomic mass is 16.6. The lowest BCUT2D eigenvalue weighted by Crippen LogP contribution is -2.56. The first-order valence-corrected chi connectivity index (χ1v) is 8.41. The van der Waals surface area contributed by atoms with Gasteiger partial charge < -0.3 is 25.4 Å². The van der Waals surface area contributed by atoms with E-state index >= 15 is 0 Å². The van der Waals surface area contributed by atoms with Crippen LogP contribution in [0.1, 0.15) is 46.5 Å². The number of nitrogens with zero attached hydrogens (tertiary/aromatic N) is 1. The van der Waals surface area contributed by atoms with Gasteiger partial charge in [-0.2, -0.15) is 0 Å². The molecule has 1 saturated heterocycles. The first-order chi connectivity index (χ1) is 11.2. The maximum Gasteiger partial charge on any atom is 0.408 e. The van der Waals surface area contributed by atoms with E-state index in [-0.39, 0.29) is 18.5 Å². The summed E-state index contributed by atoms with van der Waals surface area (Å²) in [6.45, 7) is 5.81. The molecule has 2 fully saturated rings. The molecule has 2 atom stereocenters. The van der Waals surface area contributed by atoms with E-state index in [0.29, 0.717) is 13.0 Å². The molecule has 0 radical (unpaired) electrons. The summed E-state index contributed by atoms with van der Waals surface area (Å²) in [5.74, 6) is -0.578. The Kier molecular flexibility index (Phi) is 5.69. The average Bonchev–Trinajstić information content (AvgIpc) is 3.17. The largest absolute Gasteiger partial charge is 0.444 e. The SMILES string of the molecule is CC(C)(C)OC(=O)N[C@@H](CN1CCCC1=O)C(O)C(=O)NC1CC1. The monoisotopic (exact) mass is 341 g/mol. The van der Waals surface area contributed by atoms with Gasteiger partial charge in [-0.1, -0.05) is 0 Å². The minimum absolute atomic E-state index is 0.0409. The van der Waals surface area contributed by atoms with Crippen LogP contribution in [0.3, 0.4) is 0 Å². The molecule has 0 aromatic heterocycles. The molecule has 0 aromatic rings. The van der Waals surface area contributed by atoms with Crippen LogP contribution >= 0.6 is 0 Å². The Bertz CT molecular complexity index is 498. The number of nitrogens with one attached hydrogen (secondary N) is 2. The van der Waals surface area contributed by atoms with Crippen molar-refractivity contribution < 1.29 is 24.2 Å². The van der Waals surface area contributed by atoms with Gasteiger partial charge in [-0.05, 0) is 40.0 Å². The van der Waals surface area contributed by atoms with Crippen LogP contribution in [0.25, 0.3) is 0 Å². The molecular formula is C16H27N3O5. The summed E-state index contributed by atoms with van der Waals surface area (Å²) in [4.78, 5) is 37.5. The summed E-state index contributed by atoms with van der Waals surface area (Å²) >= 11 is 0. The number of ether oxygens (including phenoxy) is 1. The fraction of sp³-hybridized carbons (Fsp3) is 0.812. The molecule has 0 spiro atoms. The maximum absolute atomic E-state index is 12.1. The predicted molar refractivity (Wildman–Crippen MR) is 86.1 cm³/mol. The van der Waals surface area contributed by atoms with Gasteiger partial charge in [0.15, 0.2) is 6.10 Å². The van der Waals surface area contributed by atoms with Crippen LogP contribution in [0.15, 0.2) is 0 Å². The molecule has 2 rings (SSSR count). The second-order valence-corrected chi connectivity index (χ2v) is 7.42. The van der Waals surface area contributed by atoms with E-state index < -0.39 is 29.7 Å². The zero-order valence-electron chi connectivity index (χ0n) is 14.5. The zero-order valence-corrected chi connectivity index (χ0v) is 14.5. The smallest absolute Gasteiger partial charge is 0.408 e. The van der Waals surface area contributed by atoms with Crippen molar-refractivity contribution >= 4 is 17.9 Å². The maximum atomic E-state index is 12.1. The van der Waals surface area contributed by atoms with Crippen LogP contribution in [-0.2, 0) is 14.3 Å². The third-order valence-electron chi connectivity index (χ3n) is 3.86. The van der Waals surface area contributed by atoms with Gasteiger partial charge in [0.1, 0.15) is 5.60 Å². The number of likely N-dealkylation sites (tertiary alicyclic amines) is 1. The third-order valence-corrected chi connectivity index (χ3v) is 3.86. The summed E-state index contributed by atoms with van der Waals surface area (Å²) in [6.07, 6.45) is 0.815. The highest BCUT2D eigenvalue weighted by Crippen LogP contribution is 2.19. The van der Waals surface area contributed by atoms with Crippen LogP contribution in [-0.4, -0.2) is 64.8 Å². The highest BCUT2D eigenvalue weighted by Gasteiger charge is 2.35. The second-order valence-electron chi connectivity index (χ2n) is 7.42. The molecule has 1 unspecified atom stereocenters. The first-order valence-electron chi connectivity index (χ1n) is 8.41. The molecule has 136 valence electrons. The van der Waals surface area contributed by atoms with E-state index in [4.69, 9.17) is 4.74 Å². The zero-order chi connectivity index (χ0) is 17.9. The Morgan fingerprint density at radius 2 is 2.04 bits per heavy atom. The Morgan fingerprint density at radius 1 is 1.38 bits per heavy atom. The van der Waals surface area contributed by atoms with Gasteiger partial charge in [-0.15, -0.1) is 0 Å². The predicted octanol–water partition coefficient (Wildman–Crippen LogP) is 0.142. The van der Waals surface area contributed by atoms with Crippen LogP contribution in [0.5, 0.6) is 0 Å². The molecule has 3 N–H and O–H groups in total. The molecule has 8 nitrogen and oxygen atoms in total.